The molecule has 0 amide bonds. The minimum absolute atomic E-state index is 0.000972. The highest BCUT2D eigenvalue weighted by atomic mass is 32.2. The summed E-state index contributed by atoms with van der Waals surface area (Å²) in [5.74, 6) is -1.32. The largest absolute Gasteiger partial charge is 0.502 e. The maximum atomic E-state index is 11.9. The average molecular weight is 327 g/mol. The molecule has 112 valence electrons. The maximum Gasteiger partial charge on any atom is 0.256 e. The van der Waals surface area contributed by atoms with E-state index in [1.807, 2.05) is 6.08 Å². The smallest absolute Gasteiger partial charge is 0.256 e. The Morgan fingerprint density at radius 3 is 2.67 bits per heavy atom. The van der Waals surface area contributed by atoms with Crippen molar-refractivity contribution in [3.05, 3.63) is 24.0 Å². The normalized spacial score (nSPS) is 20.9. The molecule has 1 aromatic heterocycles. The second-order valence-electron chi connectivity index (χ2n) is 4.81. The summed E-state index contributed by atoms with van der Waals surface area (Å²) in [6, 6.07) is 0. The molecule has 6 nitrogen and oxygen atoms in total. The molecule has 0 spiro atoms. The van der Waals surface area contributed by atoms with Gasteiger partial charge in [-0.2, -0.15) is 0 Å². The molecule has 1 aliphatic heterocycles. The van der Waals surface area contributed by atoms with Crippen LogP contribution in [0.15, 0.2) is 22.6 Å². The summed E-state index contributed by atoms with van der Waals surface area (Å²) >= 11 is 5.20. The lowest BCUT2D eigenvalue weighted by Gasteiger charge is -2.13. The molecule has 0 atom stereocenters. The highest BCUT2D eigenvalue weighted by molar-refractivity contribution is 7.93. The van der Waals surface area contributed by atoms with Crippen LogP contribution in [0.3, 0.4) is 0 Å². The van der Waals surface area contributed by atoms with Crippen LogP contribution in [-0.2, 0) is 10.0 Å². The molecule has 2 aliphatic rings. The Bertz CT molecular complexity index is 773. The molecule has 0 radical (unpaired) electrons. The van der Waals surface area contributed by atoms with Gasteiger partial charge in [0, 0.05) is 23.4 Å². The second-order valence-corrected chi connectivity index (χ2v) is 7.32. The first-order valence-electron chi connectivity index (χ1n) is 6.37. The Kier molecular flexibility index (Phi) is 3.29. The van der Waals surface area contributed by atoms with Crippen molar-refractivity contribution in [2.45, 2.75) is 12.8 Å². The number of allylic oxidation sites excluding steroid dienone is 4. The Hall–Kier alpha value is -1.80. The Balaban J connectivity index is 2.10. The number of hydrogen-bond donors (Lipinski definition) is 2. The lowest BCUT2D eigenvalue weighted by molar-refractivity contribution is 0.407. The number of rotatable bonds is 2. The van der Waals surface area contributed by atoms with E-state index in [0.717, 1.165) is 4.31 Å². The van der Waals surface area contributed by atoms with E-state index < -0.39 is 21.5 Å². The fourth-order valence-corrected chi connectivity index (χ4v) is 4.12. The molecule has 3 rings (SSSR count). The molecule has 1 fully saturated rings. The van der Waals surface area contributed by atoms with Crippen molar-refractivity contribution < 1.29 is 23.0 Å². The van der Waals surface area contributed by atoms with Crippen LogP contribution in [0.25, 0.3) is 5.57 Å². The fraction of sp³-hybridized carbons (Fsp3) is 0.308. The quantitative estimate of drug-likeness (QED) is 0.807. The van der Waals surface area contributed by atoms with Gasteiger partial charge in [0.2, 0.25) is 21.5 Å². The minimum Gasteiger partial charge on any atom is -0.502 e. The lowest BCUT2D eigenvalue weighted by atomic mass is 10.0. The Labute approximate surface area is 127 Å². The van der Waals surface area contributed by atoms with E-state index >= 15 is 0 Å². The van der Waals surface area contributed by atoms with Gasteiger partial charge in [0.15, 0.2) is 5.76 Å². The number of hydrogen-bond acceptors (Lipinski definition) is 6. The second kappa shape index (κ2) is 4.88. The average Bonchev–Trinajstić information content (AvgIpc) is 2.92. The number of nitrogens with zero attached hydrogens (tertiary/aromatic N) is 1. The van der Waals surface area contributed by atoms with Crippen LogP contribution in [0, 0.1) is 0 Å². The zero-order valence-electron chi connectivity index (χ0n) is 10.9. The molecule has 0 unspecified atom stereocenters. The predicted octanol–water partition coefficient (Wildman–Crippen LogP) is 1.94. The summed E-state index contributed by atoms with van der Waals surface area (Å²) in [7, 11) is -3.51. The van der Waals surface area contributed by atoms with Gasteiger partial charge in [0.25, 0.3) is 5.88 Å². The number of anilines is 1. The molecule has 2 N–H and O–H groups in total. The van der Waals surface area contributed by atoms with E-state index in [2.05, 4.69) is 0 Å². The van der Waals surface area contributed by atoms with Gasteiger partial charge in [-0.1, -0.05) is 30.4 Å². The van der Waals surface area contributed by atoms with Crippen molar-refractivity contribution >= 4 is 38.6 Å². The highest BCUT2D eigenvalue weighted by Crippen LogP contribution is 2.47. The third-order valence-electron chi connectivity index (χ3n) is 3.41. The van der Waals surface area contributed by atoms with Gasteiger partial charge in [0.1, 0.15) is 0 Å². The summed E-state index contributed by atoms with van der Waals surface area (Å²) in [5, 5.41) is 20.0. The zero-order chi connectivity index (χ0) is 15.2. The van der Waals surface area contributed by atoms with Crippen molar-refractivity contribution in [1.82, 2.24) is 0 Å². The first-order chi connectivity index (χ1) is 9.92. The summed E-state index contributed by atoms with van der Waals surface area (Å²) < 4.78 is 30.2. The molecule has 1 aliphatic carbocycles. The first-order valence-corrected chi connectivity index (χ1v) is 8.39. The monoisotopic (exact) mass is 327 g/mol. The lowest BCUT2D eigenvalue weighted by Crippen LogP contribution is -2.24. The minimum atomic E-state index is -3.51. The van der Waals surface area contributed by atoms with Gasteiger partial charge in [-0.3, -0.25) is 0 Å². The molecule has 0 bridgehead atoms. The van der Waals surface area contributed by atoms with Gasteiger partial charge >= 0.3 is 0 Å². The topological polar surface area (TPSA) is 91.0 Å². The third-order valence-corrected chi connectivity index (χ3v) is 5.62. The SMILES string of the molecule is O=S1(=O)CCCN1c1oc(C2=CC=CCC2=S)c(O)c1O. The molecule has 0 aromatic carbocycles. The van der Waals surface area contributed by atoms with Crippen molar-refractivity contribution in [2.24, 2.45) is 0 Å². The third kappa shape index (κ3) is 2.24. The number of sulfonamides is 1. The molecule has 1 aromatic rings. The van der Waals surface area contributed by atoms with E-state index in [1.54, 1.807) is 12.2 Å². The van der Waals surface area contributed by atoms with Crippen LogP contribution < -0.4 is 4.31 Å². The molecule has 21 heavy (non-hydrogen) atoms. The van der Waals surface area contributed by atoms with E-state index in [4.69, 9.17) is 16.6 Å². The van der Waals surface area contributed by atoms with Crippen molar-refractivity contribution in [2.75, 3.05) is 16.6 Å². The van der Waals surface area contributed by atoms with Gasteiger partial charge in [-0.25, -0.2) is 12.7 Å². The fourth-order valence-electron chi connectivity index (χ4n) is 2.37. The molecule has 8 heteroatoms. The van der Waals surface area contributed by atoms with E-state index in [-0.39, 0.29) is 23.9 Å². The van der Waals surface area contributed by atoms with E-state index in [0.29, 0.717) is 23.3 Å². The molecular formula is C13H13NO5S2. The van der Waals surface area contributed by atoms with Crippen LogP contribution in [0.4, 0.5) is 5.88 Å². The van der Waals surface area contributed by atoms with Crippen LogP contribution >= 0.6 is 12.2 Å². The van der Waals surface area contributed by atoms with E-state index in [1.165, 1.54) is 0 Å². The van der Waals surface area contributed by atoms with Crippen LogP contribution in [0.5, 0.6) is 11.5 Å². The van der Waals surface area contributed by atoms with Crippen molar-refractivity contribution in [3.63, 3.8) is 0 Å². The highest BCUT2D eigenvalue weighted by Gasteiger charge is 2.36. The van der Waals surface area contributed by atoms with Crippen LogP contribution in [0.1, 0.15) is 18.6 Å². The van der Waals surface area contributed by atoms with Crippen LogP contribution in [0.2, 0.25) is 0 Å². The summed E-state index contributed by atoms with van der Waals surface area (Å²) in [6.45, 7) is 0.214. The summed E-state index contributed by atoms with van der Waals surface area (Å²) in [5.41, 5.74) is 0.475. The zero-order valence-corrected chi connectivity index (χ0v) is 12.6. The van der Waals surface area contributed by atoms with Crippen molar-refractivity contribution in [3.8, 4) is 11.5 Å². The molecular weight excluding hydrogens is 314 g/mol. The van der Waals surface area contributed by atoms with Gasteiger partial charge < -0.3 is 14.6 Å². The standard InChI is InChI=1S/C13H13NO5S2/c15-10-11(16)13(14-6-3-7-21(14,17)18)19-12(10)8-4-1-2-5-9(8)20/h1-2,4,15-16H,3,5-7H2. The summed E-state index contributed by atoms with van der Waals surface area (Å²) in [4.78, 5) is 0.553. The number of thiocarbonyl (C=S) groups is 1. The molecule has 2 heterocycles. The van der Waals surface area contributed by atoms with Gasteiger partial charge in [-0.15, -0.1) is 0 Å². The van der Waals surface area contributed by atoms with Crippen molar-refractivity contribution in [1.29, 1.82) is 0 Å². The Morgan fingerprint density at radius 2 is 2.05 bits per heavy atom. The Morgan fingerprint density at radius 1 is 1.29 bits per heavy atom. The summed E-state index contributed by atoms with van der Waals surface area (Å²) in [6.07, 6.45) is 6.25. The molecule has 0 saturated carbocycles. The number of furan rings is 1. The first kappa shape index (κ1) is 14.2. The van der Waals surface area contributed by atoms with Gasteiger partial charge in [0.05, 0.1) is 5.75 Å². The molecule has 1 saturated heterocycles. The predicted molar refractivity (Wildman–Crippen MR) is 82.1 cm³/mol. The van der Waals surface area contributed by atoms with Crippen LogP contribution in [-0.4, -0.2) is 35.8 Å². The van der Waals surface area contributed by atoms with Gasteiger partial charge in [-0.05, 0) is 6.42 Å². The van der Waals surface area contributed by atoms with E-state index in [9.17, 15) is 18.6 Å². The maximum absolute atomic E-state index is 11.9. The number of aromatic hydroxyl groups is 2.